The first-order valence-electron chi connectivity index (χ1n) is 9.50. The highest BCUT2D eigenvalue weighted by Gasteiger charge is 2.17. The van der Waals surface area contributed by atoms with Gasteiger partial charge in [-0.2, -0.15) is 0 Å². The van der Waals surface area contributed by atoms with Gasteiger partial charge in [-0.15, -0.1) is 10.2 Å². The van der Waals surface area contributed by atoms with Crippen LogP contribution in [0.25, 0.3) is 17.1 Å². The summed E-state index contributed by atoms with van der Waals surface area (Å²) in [5, 5.41) is 9.95. The van der Waals surface area contributed by atoms with E-state index in [9.17, 15) is 0 Å². The lowest BCUT2D eigenvalue weighted by Crippen LogP contribution is -2.01. The maximum absolute atomic E-state index is 5.32. The van der Waals surface area contributed by atoms with Gasteiger partial charge in [0.2, 0.25) is 0 Å². The predicted molar refractivity (Wildman–Crippen MR) is 119 cm³/mol. The summed E-state index contributed by atoms with van der Waals surface area (Å²) in [5.41, 5.74) is 5.80. The Morgan fingerprint density at radius 3 is 2.28 bits per heavy atom. The minimum absolute atomic E-state index is 0.827. The molecular weight excluding hydrogens is 378 g/mol. The van der Waals surface area contributed by atoms with Crippen LogP contribution in [0.4, 0.5) is 0 Å². The molecule has 0 fully saturated rings. The van der Waals surface area contributed by atoms with Crippen molar-refractivity contribution in [3.05, 3.63) is 89.5 Å². The van der Waals surface area contributed by atoms with Crippen LogP contribution in [-0.2, 0) is 5.75 Å². The Labute approximate surface area is 175 Å². The van der Waals surface area contributed by atoms with Gasteiger partial charge in [-0.3, -0.25) is 4.57 Å². The molecule has 0 spiro atoms. The Morgan fingerprint density at radius 2 is 1.59 bits per heavy atom. The Morgan fingerprint density at radius 1 is 0.862 bits per heavy atom. The summed E-state index contributed by atoms with van der Waals surface area (Å²) >= 11 is 1.69. The SMILES string of the molecule is COc1ccc(-n2c(SCc3ccc(C)cc3)nnc2-c2ccccc2C)cc1. The van der Waals surface area contributed by atoms with Gasteiger partial charge < -0.3 is 4.74 Å². The van der Waals surface area contributed by atoms with E-state index in [1.165, 1.54) is 16.7 Å². The number of hydrogen-bond acceptors (Lipinski definition) is 4. The molecule has 0 aliphatic rings. The molecule has 0 atom stereocenters. The molecule has 1 heterocycles. The summed E-state index contributed by atoms with van der Waals surface area (Å²) in [6, 6.07) is 24.9. The maximum Gasteiger partial charge on any atom is 0.196 e. The first-order valence-corrected chi connectivity index (χ1v) is 10.5. The molecule has 0 saturated carbocycles. The average molecular weight is 402 g/mol. The van der Waals surface area contributed by atoms with Crippen molar-refractivity contribution < 1.29 is 4.74 Å². The molecule has 0 aliphatic heterocycles. The molecule has 4 nitrogen and oxygen atoms in total. The second-order valence-electron chi connectivity index (χ2n) is 6.93. The fourth-order valence-corrected chi connectivity index (χ4v) is 4.07. The van der Waals surface area contributed by atoms with Crippen LogP contribution in [0.15, 0.2) is 78.0 Å². The first kappa shape index (κ1) is 19.3. The van der Waals surface area contributed by atoms with Gasteiger partial charge in [0.15, 0.2) is 11.0 Å². The normalized spacial score (nSPS) is 10.9. The van der Waals surface area contributed by atoms with Crippen LogP contribution < -0.4 is 4.74 Å². The third-order valence-corrected chi connectivity index (χ3v) is 5.84. The molecule has 4 aromatic rings. The molecule has 146 valence electrons. The fourth-order valence-electron chi connectivity index (χ4n) is 3.16. The van der Waals surface area contributed by atoms with Crippen molar-refractivity contribution >= 4 is 11.8 Å². The Bertz CT molecular complexity index is 1100. The van der Waals surface area contributed by atoms with Crippen molar-refractivity contribution in [2.75, 3.05) is 7.11 Å². The van der Waals surface area contributed by atoms with Gasteiger partial charge in [-0.25, -0.2) is 0 Å². The molecule has 29 heavy (non-hydrogen) atoms. The van der Waals surface area contributed by atoms with Gasteiger partial charge in [0, 0.05) is 17.0 Å². The summed E-state index contributed by atoms with van der Waals surface area (Å²) in [5.74, 6) is 2.51. The smallest absolute Gasteiger partial charge is 0.196 e. The van der Waals surface area contributed by atoms with E-state index in [2.05, 4.69) is 65.0 Å². The van der Waals surface area contributed by atoms with Crippen LogP contribution in [0.2, 0.25) is 0 Å². The van der Waals surface area contributed by atoms with Crippen molar-refractivity contribution in [1.82, 2.24) is 14.8 Å². The molecule has 5 heteroatoms. The minimum Gasteiger partial charge on any atom is -0.497 e. The number of nitrogens with zero attached hydrogens (tertiary/aromatic N) is 3. The zero-order valence-corrected chi connectivity index (χ0v) is 17.6. The lowest BCUT2D eigenvalue weighted by Gasteiger charge is -2.12. The van der Waals surface area contributed by atoms with Crippen LogP contribution in [0, 0.1) is 13.8 Å². The van der Waals surface area contributed by atoms with Crippen LogP contribution >= 0.6 is 11.8 Å². The molecule has 0 N–H and O–H groups in total. The third-order valence-electron chi connectivity index (χ3n) is 4.84. The van der Waals surface area contributed by atoms with Gasteiger partial charge in [0.1, 0.15) is 5.75 Å². The Balaban J connectivity index is 1.74. The van der Waals surface area contributed by atoms with Gasteiger partial charge in [-0.1, -0.05) is 65.9 Å². The molecule has 0 amide bonds. The monoisotopic (exact) mass is 401 g/mol. The summed E-state index contributed by atoms with van der Waals surface area (Å²) in [6.07, 6.45) is 0. The molecule has 1 aromatic heterocycles. The molecule has 0 radical (unpaired) electrons. The van der Waals surface area contributed by atoms with Crippen molar-refractivity contribution in [2.24, 2.45) is 0 Å². The highest BCUT2D eigenvalue weighted by atomic mass is 32.2. The fraction of sp³-hybridized carbons (Fsp3) is 0.167. The van der Waals surface area contributed by atoms with Crippen molar-refractivity contribution in [2.45, 2.75) is 24.8 Å². The molecule has 4 rings (SSSR count). The zero-order chi connectivity index (χ0) is 20.2. The lowest BCUT2D eigenvalue weighted by molar-refractivity contribution is 0.414. The standard InChI is InChI=1S/C24H23N3OS/c1-17-8-10-19(11-9-17)16-29-24-26-25-23(22-7-5-4-6-18(22)2)27(24)20-12-14-21(28-3)15-13-20/h4-15H,16H2,1-3H3. The van der Waals surface area contributed by atoms with Crippen LogP contribution in [0.3, 0.4) is 0 Å². The summed E-state index contributed by atoms with van der Waals surface area (Å²) in [7, 11) is 1.68. The summed E-state index contributed by atoms with van der Waals surface area (Å²) in [6.45, 7) is 4.20. The number of aromatic nitrogens is 3. The second kappa shape index (κ2) is 8.53. The van der Waals surface area contributed by atoms with E-state index >= 15 is 0 Å². The van der Waals surface area contributed by atoms with Crippen LogP contribution in [0.5, 0.6) is 5.75 Å². The first-order chi connectivity index (χ1) is 14.2. The molecular formula is C24H23N3OS. The maximum atomic E-state index is 5.32. The molecule has 0 aliphatic carbocycles. The predicted octanol–water partition coefficient (Wildman–Crippen LogP) is 5.85. The number of thioether (sulfide) groups is 1. The number of hydrogen-bond donors (Lipinski definition) is 0. The molecule has 0 bridgehead atoms. The van der Waals surface area contributed by atoms with Crippen molar-refractivity contribution in [1.29, 1.82) is 0 Å². The number of benzene rings is 3. The van der Waals surface area contributed by atoms with Crippen LogP contribution in [0.1, 0.15) is 16.7 Å². The highest BCUT2D eigenvalue weighted by molar-refractivity contribution is 7.98. The Kier molecular flexibility index (Phi) is 5.67. The van der Waals surface area contributed by atoms with Gasteiger partial charge in [-0.05, 0) is 49.2 Å². The van der Waals surface area contributed by atoms with Crippen molar-refractivity contribution in [3.8, 4) is 22.8 Å². The third kappa shape index (κ3) is 4.20. The van der Waals surface area contributed by atoms with Crippen LogP contribution in [-0.4, -0.2) is 21.9 Å². The van der Waals surface area contributed by atoms with E-state index in [4.69, 9.17) is 4.74 Å². The van der Waals surface area contributed by atoms with E-state index in [1.54, 1.807) is 18.9 Å². The van der Waals surface area contributed by atoms with E-state index in [0.29, 0.717) is 0 Å². The number of methoxy groups -OCH3 is 1. The topological polar surface area (TPSA) is 39.9 Å². The Hall–Kier alpha value is -3.05. The van der Waals surface area contributed by atoms with E-state index in [-0.39, 0.29) is 0 Å². The lowest BCUT2D eigenvalue weighted by atomic mass is 10.1. The minimum atomic E-state index is 0.827. The largest absolute Gasteiger partial charge is 0.497 e. The second-order valence-corrected chi connectivity index (χ2v) is 7.87. The van der Waals surface area contributed by atoms with E-state index < -0.39 is 0 Å². The van der Waals surface area contributed by atoms with Crippen molar-refractivity contribution in [3.63, 3.8) is 0 Å². The van der Waals surface area contributed by atoms with E-state index in [0.717, 1.165) is 33.7 Å². The molecule has 0 saturated heterocycles. The summed E-state index contributed by atoms with van der Waals surface area (Å²) in [4.78, 5) is 0. The quantitative estimate of drug-likeness (QED) is 0.380. The zero-order valence-electron chi connectivity index (χ0n) is 16.8. The summed E-state index contributed by atoms with van der Waals surface area (Å²) < 4.78 is 7.45. The van der Waals surface area contributed by atoms with Gasteiger partial charge >= 0.3 is 0 Å². The average Bonchev–Trinajstić information content (AvgIpc) is 3.17. The van der Waals surface area contributed by atoms with E-state index in [1.807, 2.05) is 36.4 Å². The number of rotatable bonds is 6. The highest BCUT2D eigenvalue weighted by Crippen LogP contribution is 2.31. The molecule has 0 unspecified atom stereocenters. The number of ether oxygens (including phenoxy) is 1. The van der Waals surface area contributed by atoms with Gasteiger partial charge in [0.25, 0.3) is 0 Å². The molecule has 3 aromatic carbocycles. The van der Waals surface area contributed by atoms with Gasteiger partial charge in [0.05, 0.1) is 7.11 Å². The number of aryl methyl sites for hydroxylation is 2.